The molecule has 0 unspecified atom stereocenters. The van der Waals surface area contributed by atoms with E-state index in [9.17, 15) is 0 Å². The van der Waals surface area contributed by atoms with Crippen molar-refractivity contribution in [2.45, 2.75) is 19.8 Å². The number of hydrogen-bond acceptors (Lipinski definition) is 3. The van der Waals surface area contributed by atoms with E-state index in [1.54, 1.807) is 6.33 Å². The van der Waals surface area contributed by atoms with E-state index in [1.807, 2.05) is 11.6 Å². The number of fused-ring (bicyclic) bond motifs is 1. The monoisotopic (exact) mass is 204 g/mol. The van der Waals surface area contributed by atoms with E-state index in [0.29, 0.717) is 6.54 Å². The van der Waals surface area contributed by atoms with E-state index in [1.165, 1.54) is 10.9 Å². The molecule has 0 spiro atoms. The van der Waals surface area contributed by atoms with Crippen LogP contribution in [-0.4, -0.2) is 21.1 Å². The molecule has 15 heavy (non-hydrogen) atoms. The zero-order valence-electron chi connectivity index (χ0n) is 9.20. The normalized spacial score (nSPS) is 11.1. The molecule has 0 saturated carbocycles. The number of hydrogen-bond donors (Lipinski definition) is 1. The van der Waals surface area contributed by atoms with Crippen molar-refractivity contribution in [3.05, 3.63) is 23.8 Å². The molecule has 2 N–H and O–H groups in total. The van der Waals surface area contributed by atoms with Crippen LogP contribution in [0.4, 0.5) is 0 Å². The lowest BCUT2D eigenvalue weighted by Crippen LogP contribution is -2.03. The average molecular weight is 204 g/mol. The molecule has 80 valence electrons. The van der Waals surface area contributed by atoms with E-state index < -0.39 is 0 Å². The molecule has 0 aliphatic rings. The predicted molar refractivity (Wildman–Crippen MR) is 60.6 cm³/mol. The number of aromatic nitrogens is 3. The van der Waals surface area contributed by atoms with Crippen molar-refractivity contribution >= 4 is 11.0 Å². The molecule has 0 aliphatic carbocycles. The quantitative estimate of drug-likeness (QED) is 0.812. The minimum absolute atomic E-state index is 0.664. The number of rotatable bonds is 3. The van der Waals surface area contributed by atoms with Gasteiger partial charge in [0, 0.05) is 18.6 Å². The van der Waals surface area contributed by atoms with Crippen LogP contribution >= 0.6 is 0 Å². The summed E-state index contributed by atoms with van der Waals surface area (Å²) in [4.78, 5) is 8.62. The van der Waals surface area contributed by atoms with Crippen LogP contribution in [-0.2, 0) is 19.9 Å². The van der Waals surface area contributed by atoms with Gasteiger partial charge in [0.15, 0.2) is 0 Å². The minimum Gasteiger partial charge on any atom is -0.335 e. The molecule has 4 nitrogen and oxygen atoms in total. The Labute approximate surface area is 89.1 Å². The first-order chi connectivity index (χ1) is 7.27. The molecule has 0 atom stereocenters. The average Bonchev–Trinajstić information content (AvgIpc) is 2.57. The second-order valence-corrected chi connectivity index (χ2v) is 3.68. The van der Waals surface area contributed by atoms with Crippen molar-refractivity contribution in [1.82, 2.24) is 14.5 Å². The number of aryl methyl sites for hydroxylation is 2. The highest BCUT2D eigenvalue weighted by molar-refractivity contribution is 5.82. The van der Waals surface area contributed by atoms with Crippen LogP contribution < -0.4 is 5.73 Å². The van der Waals surface area contributed by atoms with Gasteiger partial charge in [-0.1, -0.05) is 6.92 Å². The summed E-state index contributed by atoms with van der Waals surface area (Å²) in [5.74, 6) is 0. The lowest BCUT2D eigenvalue weighted by Gasteiger charge is -2.01. The molecule has 0 amide bonds. The van der Waals surface area contributed by atoms with Gasteiger partial charge in [-0.3, -0.25) is 0 Å². The lowest BCUT2D eigenvalue weighted by molar-refractivity contribution is 0.917. The van der Waals surface area contributed by atoms with Crippen molar-refractivity contribution in [2.75, 3.05) is 6.54 Å². The van der Waals surface area contributed by atoms with E-state index in [2.05, 4.69) is 23.1 Å². The second kappa shape index (κ2) is 3.98. The molecule has 0 fully saturated rings. The van der Waals surface area contributed by atoms with E-state index in [-0.39, 0.29) is 0 Å². The largest absolute Gasteiger partial charge is 0.335 e. The highest BCUT2D eigenvalue weighted by Crippen LogP contribution is 2.21. The van der Waals surface area contributed by atoms with Crippen LogP contribution in [0.1, 0.15) is 18.2 Å². The molecule has 2 aromatic rings. The minimum atomic E-state index is 0.664. The van der Waals surface area contributed by atoms with Crippen molar-refractivity contribution in [3.63, 3.8) is 0 Å². The Balaban J connectivity index is 2.70. The van der Waals surface area contributed by atoms with Gasteiger partial charge in [0.05, 0.1) is 5.69 Å². The third-order valence-corrected chi connectivity index (χ3v) is 2.66. The maximum Gasteiger partial charge on any atom is 0.143 e. The molecule has 4 heteroatoms. The smallest absolute Gasteiger partial charge is 0.143 e. The fraction of sp³-hybridized carbons (Fsp3) is 0.455. The zero-order chi connectivity index (χ0) is 10.8. The van der Waals surface area contributed by atoms with Crippen LogP contribution in [0.3, 0.4) is 0 Å². The Morgan fingerprint density at radius 1 is 1.40 bits per heavy atom. The fourth-order valence-corrected chi connectivity index (χ4v) is 1.98. The van der Waals surface area contributed by atoms with E-state index in [4.69, 9.17) is 5.73 Å². The molecule has 2 rings (SSSR count). The summed E-state index contributed by atoms with van der Waals surface area (Å²) >= 11 is 0. The fourth-order valence-electron chi connectivity index (χ4n) is 1.98. The van der Waals surface area contributed by atoms with Gasteiger partial charge in [0.25, 0.3) is 0 Å². The van der Waals surface area contributed by atoms with Crippen LogP contribution in [0.15, 0.2) is 12.5 Å². The molecule has 0 radical (unpaired) electrons. The summed E-state index contributed by atoms with van der Waals surface area (Å²) in [5.41, 5.74) is 8.98. The summed E-state index contributed by atoms with van der Waals surface area (Å²) in [6.07, 6.45) is 5.55. The Kier molecular flexibility index (Phi) is 2.68. The summed E-state index contributed by atoms with van der Waals surface area (Å²) in [5, 5.41) is 1.19. The lowest BCUT2D eigenvalue weighted by atomic mass is 10.1. The maximum atomic E-state index is 5.60. The Bertz CT molecular complexity index is 473. The first kappa shape index (κ1) is 10.1. The van der Waals surface area contributed by atoms with Crippen molar-refractivity contribution in [1.29, 1.82) is 0 Å². The topological polar surface area (TPSA) is 56.7 Å². The van der Waals surface area contributed by atoms with Gasteiger partial charge in [-0.05, 0) is 24.9 Å². The van der Waals surface area contributed by atoms with Crippen LogP contribution in [0.2, 0.25) is 0 Å². The molecule has 2 heterocycles. The van der Waals surface area contributed by atoms with Crippen molar-refractivity contribution < 1.29 is 0 Å². The first-order valence-corrected chi connectivity index (χ1v) is 5.25. The second-order valence-electron chi connectivity index (χ2n) is 3.68. The van der Waals surface area contributed by atoms with Gasteiger partial charge < -0.3 is 10.3 Å². The van der Waals surface area contributed by atoms with Gasteiger partial charge in [-0.2, -0.15) is 0 Å². The number of nitrogens with zero attached hydrogens (tertiary/aromatic N) is 3. The Hall–Kier alpha value is -1.42. The summed E-state index contributed by atoms with van der Waals surface area (Å²) in [6.45, 7) is 2.78. The van der Waals surface area contributed by atoms with Gasteiger partial charge in [0.1, 0.15) is 12.0 Å². The van der Waals surface area contributed by atoms with Gasteiger partial charge in [-0.25, -0.2) is 9.97 Å². The summed E-state index contributed by atoms with van der Waals surface area (Å²) < 4.78 is 2.04. The van der Waals surface area contributed by atoms with Gasteiger partial charge in [-0.15, -0.1) is 0 Å². The third kappa shape index (κ3) is 1.61. The summed E-state index contributed by atoms with van der Waals surface area (Å²) in [6, 6.07) is 0. The van der Waals surface area contributed by atoms with Crippen LogP contribution in [0.5, 0.6) is 0 Å². The van der Waals surface area contributed by atoms with Gasteiger partial charge in [0.2, 0.25) is 0 Å². The van der Waals surface area contributed by atoms with Crippen molar-refractivity contribution in [2.24, 2.45) is 12.8 Å². The molecule has 0 aromatic carbocycles. The Morgan fingerprint density at radius 3 is 2.87 bits per heavy atom. The highest BCUT2D eigenvalue weighted by atomic mass is 15.0. The first-order valence-electron chi connectivity index (χ1n) is 5.25. The molecular formula is C11H16N4. The number of nitrogens with two attached hydrogens (primary N) is 1. The standard InChI is InChI=1S/C11H16N4/c1-3-9-10-8(4-5-12)6-15(2)11(10)14-7-13-9/h6-7H,3-5,12H2,1-2H3. The third-order valence-electron chi connectivity index (χ3n) is 2.66. The highest BCUT2D eigenvalue weighted by Gasteiger charge is 2.11. The van der Waals surface area contributed by atoms with E-state index >= 15 is 0 Å². The molecular weight excluding hydrogens is 188 g/mol. The van der Waals surface area contributed by atoms with Gasteiger partial charge >= 0.3 is 0 Å². The Morgan fingerprint density at radius 2 is 2.20 bits per heavy atom. The molecule has 2 aromatic heterocycles. The molecule has 0 aliphatic heterocycles. The zero-order valence-corrected chi connectivity index (χ0v) is 9.20. The molecule has 0 saturated heterocycles. The maximum absolute atomic E-state index is 5.60. The summed E-state index contributed by atoms with van der Waals surface area (Å²) in [7, 11) is 2.01. The van der Waals surface area contributed by atoms with Crippen LogP contribution in [0, 0.1) is 0 Å². The van der Waals surface area contributed by atoms with Crippen molar-refractivity contribution in [3.8, 4) is 0 Å². The predicted octanol–water partition coefficient (Wildman–Crippen LogP) is 1.03. The van der Waals surface area contributed by atoms with E-state index in [0.717, 1.165) is 24.2 Å². The molecule has 0 bridgehead atoms. The van der Waals surface area contributed by atoms with Crippen LogP contribution in [0.25, 0.3) is 11.0 Å². The SMILES string of the molecule is CCc1ncnc2c1c(CCN)cn2C.